The number of hydrogen-bond donors (Lipinski definition) is 1. The molecule has 0 aliphatic carbocycles. The predicted octanol–water partition coefficient (Wildman–Crippen LogP) is 1.83. The Morgan fingerprint density at radius 3 is 2.19 bits per heavy atom. The lowest BCUT2D eigenvalue weighted by Gasteiger charge is -2.37. The van der Waals surface area contributed by atoms with Crippen molar-refractivity contribution in [2.24, 2.45) is 0 Å². The van der Waals surface area contributed by atoms with Gasteiger partial charge in [-0.05, 0) is 24.6 Å². The first-order valence-electron chi connectivity index (χ1n) is 6.93. The molecule has 114 valence electrons. The van der Waals surface area contributed by atoms with Gasteiger partial charge in [0.05, 0.1) is 12.7 Å². The van der Waals surface area contributed by atoms with E-state index in [1.165, 1.54) is 12.0 Å². The highest BCUT2D eigenvalue weighted by atomic mass is 16.5. The molecule has 2 rings (SSSR count). The van der Waals surface area contributed by atoms with Crippen LogP contribution in [0.3, 0.4) is 0 Å². The van der Waals surface area contributed by atoms with Gasteiger partial charge in [0.25, 0.3) is 0 Å². The molecule has 1 heterocycles. The van der Waals surface area contributed by atoms with Gasteiger partial charge in [0.1, 0.15) is 0 Å². The largest absolute Gasteiger partial charge is 0.465 e. The number of benzene rings is 1. The molecule has 1 N–H and O–H groups in total. The van der Waals surface area contributed by atoms with Crippen LogP contribution < -0.4 is 0 Å². The summed E-state index contributed by atoms with van der Waals surface area (Å²) in [6.07, 6.45) is -0.857. The van der Waals surface area contributed by atoms with Gasteiger partial charge in [-0.25, -0.2) is 9.59 Å². The fourth-order valence-corrected chi connectivity index (χ4v) is 2.53. The fraction of sp³-hybridized carbons (Fsp3) is 0.467. The molecule has 1 aromatic carbocycles. The summed E-state index contributed by atoms with van der Waals surface area (Å²) in [6.45, 7) is 4.57. The van der Waals surface area contributed by atoms with Crippen LogP contribution in [0.15, 0.2) is 24.3 Å². The second kappa shape index (κ2) is 6.58. The standard InChI is InChI=1S/C15H20N2O4/c1-11(16-7-9-17(10-8-16)15(19)20)12-3-5-13(6-4-12)14(18)21-2/h3-6,11H,7-10H2,1-2H3,(H,19,20). The second-order valence-corrected chi connectivity index (χ2v) is 5.10. The average Bonchev–Trinajstić information content (AvgIpc) is 2.53. The molecule has 1 aliphatic rings. The Morgan fingerprint density at radius 2 is 1.71 bits per heavy atom. The molecular formula is C15H20N2O4. The van der Waals surface area contributed by atoms with Gasteiger partial charge < -0.3 is 14.7 Å². The van der Waals surface area contributed by atoms with E-state index in [4.69, 9.17) is 5.11 Å². The molecule has 0 radical (unpaired) electrons. The van der Waals surface area contributed by atoms with E-state index in [9.17, 15) is 9.59 Å². The number of ether oxygens (including phenoxy) is 1. The van der Waals surface area contributed by atoms with Crippen molar-refractivity contribution in [2.75, 3.05) is 33.3 Å². The van der Waals surface area contributed by atoms with Crippen LogP contribution in [0.25, 0.3) is 0 Å². The van der Waals surface area contributed by atoms with E-state index in [1.54, 1.807) is 12.1 Å². The van der Waals surface area contributed by atoms with Crippen molar-refractivity contribution in [1.29, 1.82) is 0 Å². The number of hydrogen-bond acceptors (Lipinski definition) is 4. The van der Waals surface area contributed by atoms with Crippen molar-refractivity contribution in [2.45, 2.75) is 13.0 Å². The van der Waals surface area contributed by atoms with Gasteiger partial charge in [0.15, 0.2) is 0 Å². The Morgan fingerprint density at radius 1 is 1.14 bits per heavy atom. The summed E-state index contributed by atoms with van der Waals surface area (Å²) in [4.78, 5) is 26.0. The van der Waals surface area contributed by atoms with Crippen LogP contribution in [0.4, 0.5) is 4.79 Å². The summed E-state index contributed by atoms with van der Waals surface area (Å²) in [5.74, 6) is -0.343. The van der Waals surface area contributed by atoms with Gasteiger partial charge >= 0.3 is 12.1 Å². The first kappa shape index (κ1) is 15.3. The zero-order valence-corrected chi connectivity index (χ0v) is 12.3. The molecule has 6 nitrogen and oxygen atoms in total. The van der Waals surface area contributed by atoms with Gasteiger partial charge in [-0.3, -0.25) is 4.90 Å². The molecule has 21 heavy (non-hydrogen) atoms. The number of carboxylic acid groups (broad SMARTS) is 1. The van der Waals surface area contributed by atoms with Crippen LogP contribution in [0, 0.1) is 0 Å². The molecule has 1 saturated heterocycles. The van der Waals surface area contributed by atoms with Crippen molar-refractivity contribution in [3.05, 3.63) is 35.4 Å². The molecule has 1 atom stereocenters. The van der Waals surface area contributed by atoms with Crippen molar-refractivity contribution >= 4 is 12.1 Å². The minimum atomic E-state index is -0.857. The van der Waals surface area contributed by atoms with E-state index in [-0.39, 0.29) is 12.0 Å². The van der Waals surface area contributed by atoms with E-state index in [1.807, 2.05) is 12.1 Å². The Hall–Kier alpha value is -2.08. The normalized spacial score (nSPS) is 17.3. The third-order valence-corrected chi connectivity index (χ3v) is 3.95. The van der Waals surface area contributed by atoms with Gasteiger partial charge in [-0.2, -0.15) is 0 Å². The Balaban J connectivity index is 1.99. The number of methoxy groups -OCH3 is 1. The van der Waals surface area contributed by atoms with E-state index >= 15 is 0 Å². The SMILES string of the molecule is COC(=O)c1ccc(C(C)N2CCN(C(=O)O)CC2)cc1. The molecule has 0 bridgehead atoms. The quantitative estimate of drug-likeness (QED) is 0.861. The maximum Gasteiger partial charge on any atom is 0.407 e. The molecule has 0 aromatic heterocycles. The maximum absolute atomic E-state index is 11.4. The molecule has 1 aliphatic heterocycles. The number of piperazine rings is 1. The minimum absolute atomic E-state index is 0.188. The first-order valence-corrected chi connectivity index (χ1v) is 6.93. The first-order chi connectivity index (χ1) is 10.0. The summed E-state index contributed by atoms with van der Waals surface area (Å²) in [5, 5.41) is 8.95. The molecule has 0 saturated carbocycles. The number of carbonyl (C=O) groups excluding carboxylic acids is 1. The molecule has 1 fully saturated rings. The third kappa shape index (κ3) is 3.52. The second-order valence-electron chi connectivity index (χ2n) is 5.10. The Bertz CT molecular complexity index is 507. The maximum atomic E-state index is 11.4. The van der Waals surface area contributed by atoms with Crippen molar-refractivity contribution in [1.82, 2.24) is 9.80 Å². The van der Waals surface area contributed by atoms with Crippen LogP contribution in [-0.2, 0) is 4.74 Å². The van der Waals surface area contributed by atoms with Crippen molar-refractivity contribution in [3.8, 4) is 0 Å². The van der Waals surface area contributed by atoms with Gasteiger partial charge in [-0.15, -0.1) is 0 Å². The highest BCUT2D eigenvalue weighted by Gasteiger charge is 2.24. The van der Waals surface area contributed by atoms with Gasteiger partial charge in [0.2, 0.25) is 0 Å². The fourth-order valence-electron chi connectivity index (χ4n) is 2.53. The zero-order valence-electron chi connectivity index (χ0n) is 12.3. The van der Waals surface area contributed by atoms with E-state index in [2.05, 4.69) is 16.6 Å². The van der Waals surface area contributed by atoms with Crippen molar-refractivity contribution in [3.63, 3.8) is 0 Å². The number of rotatable bonds is 3. The van der Waals surface area contributed by atoms with Crippen LogP contribution >= 0.6 is 0 Å². The summed E-state index contributed by atoms with van der Waals surface area (Å²) < 4.78 is 4.68. The van der Waals surface area contributed by atoms with Crippen LogP contribution in [0.1, 0.15) is 28.9 Å². The van der Waals surface area contributed by atoms with E-state index in [0.29, 0.717) is 31.7 Å². The topological polar surface area (TPSA) is 70.1 Å². The lowest BCUT2D eigenvalue weighted by Crippen LogP contribution is -2.48. The zero-order chi connectivity index (χ0) is 15.4. The number of nitrogens with zero attached hydrogens (tertiary/aromatic N) is 2. The number of esters is 1. The van der Waals surface area contributed by atoms with Crippen LogP contribution in [-0.4, -0.2) is 60.3 Å². The third-order valence-electron chi connectivity index (χ3n) is 3.95. The summed E-state index contributed by atoms with van der Waals surface area (Å²) >= 11 is 0. The Labute approximate surface area is 123 Å². The Kier molecular flexibility index (Phi) is 4.80. The molecular weight excluding hydrogens is 272 g/mol. The molecule has 0 spiro atoms. The monoisotopic (exact) mass is 292 g/mol. The van der Waals surface area contributed by atoms with Gasteiger partial charge in [0, 0.05) is 32.2 Å². The minimum Gasteiger partial charge on any atom is -0.465 e. The summed E-state index contributed by atoms with van der Waals surface area (Å²) in [5.41, 5.74) is 1.63. The van der Waals surface area contributed by atoms with Crippen LogP contribution in [0.2, 0.25) is 0 Å². The van der Waals surface area contributed by atoms with E-state index < -0.39 is 6.09 Å². The smallest absolute Gasteiger partial charge is 0.407 e. The molecule has 1 unspecified atom stereocenters. The highest BCUT2D eigenvalue weighted by Crippen LogP contribution is 2.22. The molecule has 1 aromatic rings. The lowest BCUT2D eigenvalue weighted by atomic mass is 10.0. The average molecular weight is 292 g/mol. The number of amides is 1. The van der Waals surface area contributed by atoms with Gasteiger partial charge in [-0.1, -0.05) is 12.1 Å². The van der Waals surface area contributed by atoms with Crippen LogP contribution in [0.5, 0.6) is 0 Å². The highest BCUT2D eigenvalue weighted by molar-refractivity contribution is 5.89. The lowest BCUT2D eigenvalue weighted by molar-refractivity contribution is 0.0600. The summed E-state index contributed by atoms with van der Waals surface area (Å²) in [6, 6.07) is 7.53. The van der Waals surface area contributed by atoms with Crippen molar-refractivity contribution < 1.29 is 19.4 Å². The summed E-state index contributed by atoms with van der Waals surface area (Å²) in [7, 11) is 1.36. The number of carbonyl (C=O) groups is 2. The predicted molar refractivity (Wildman–Crippen MR) is 77.4 cm³/mol. The molecule has 6 heteroatoms. The molecule has 1 amide bonds. The van der Waals surface area contributed by atoms with E-state index in [0.717, 1.165) is 5.56 Å².